The molecule has 1 saturated carbocycles. The molecule has 0 radical (unpaired) electrons. The van der Waals surface area contributed by atoms with E-state index in [0.29, 0.717) is 45.8 Å². The molecule has 10 nitrogen and oxygen atoms in total. The van der Waals surface area contributed by atoms with Crippen molar-refractivity contribution >= 4 is 12.3 Å². The highest BCUT2D eigenvalue weighted by molar-refractivity contribution is 5.77. The number of nitrogens with zero attached hydrogens (tertiary/aromatic N) is 2. The number of rotatable bonds is 22. The molecule has 1 aliphatic carbocycles. The number of carbonyl (C=O) groups is 2. The summed E-state index contributed by atoms with van der Waals surface area (Å²) in [6, 6.07) is 45.7. The van der Waals surface area contributed by atoms with Crippen molar-refractivity contribution in [2.75, 3.05) is 33.8 Å². The molecule has 10 heteroatoms. The number of nitrogens with one attached hydrogen (secondary N) is 1. The smallest absolute Gasteiger partial charge is 0.225 e. The molecule has 2 amide bonds. The van der Waals surface area contributed by atoms with Crippen LogP contribution in [0.5, 0.6) is 0 Å². The van der Waals surface area contributed by atoms with E-state index in [1.807, 2.05) is 68.7 Å². The van der Waals surface area contributed by atoms with Crippen LogP contribution in [0.1, 0.15) is 83.5 Å². The first kappa shape index (κ1) is 46.3. The van der Waals surface area contributed by atoms with Crippen molar-refractivity contribution in [2.45, 2.75) is 114 Å². The third-order valence-electron chi connectivity index (χ3n) is 13.4. The Labute approximate surface area is 385 Å². The van der Waals surface area contributed by atoms with Gasteiger partial charge in [-0.25, -0.2) is 0 Å². The Hall–Kier alpha value is -5.20. The van der Waals surface area contributed by atoms with Gasteiger partial charge in [0, 0.05) is 25.1 Å². The van der Waals surface area contributed by atoms with Gasteiger partial charge in [0.2, 0.25) is 18.1 Å². The van der Waals surface area contributed by atoms with Gasteiger partial charge in [-0.15, -0.1) is 0 Å². The van der Waals surface area contributed by atoms with Crippen LogP contribution >= 0.6 is 0 Å². The van der Waals surface area contributed by atoms with Crippen molar-refractivity contribution in [1.82, 2.24) is 15.1 Å². The molecule has 8 rings (SSSR count). The second-order valence-electron chi connectivity index (χ2n) is 18.6. The molecule has 0 spiro atoms. The highest BCUT2D eigenvalue weighted by Gasteiger charge is 2.67. The van der Waals surface area contributed by atoms with Crippen molar-refractivity contribution in [3.05, 3.63) is 178 Å². The number of hydrogen-bond acceptors (Lipinski definition) is 8. The number of benzene rings is 5. The number of amides is 2. The number of hydrogen-bond donors (Lipinski definition) is 1. The molecule has 2 aliphatic heterocycles. The molecule has 3 fully saturated rings. The fourth-order valence-electron chi connectivity index (χ4n) is 9.47. The van der Waals surface area contributed by atoms with Crippen LogP contribution in [-0.4, -0.2) is 85.5 Å². The van der Waals surface area contributed by atoms with Crippen LogP contribution in [0.3, 0.4) is 0 Å². The molecule has 5 atom stereocenters. The predicted octanol–water partition coefficient (Wildman–Crippen LogP) is 8.65. The quantitative estimate of drug-likeness (QED) is 0.0546. The van der Waals surface area contributed by atoms with Gasteiger partial charge >= 0.3 is 0 Å². The van der Waals surface area contributed by atoms with E-state index >= 15 is 0 Å². The summed E-state index contributed by atoms with van der Waals surface area (Å²) in [4.78, 5) is 28.9. The van der Waals surface area contributed by atoms with Crippen molar-refractivity contribution < 1.29 is 33.3 Å². The second-order valence-corrected chi connectivity index (χ2v) is 18.6. The van der Waals surface area contributed by atoms with Crippen LogP contribution in [-0.2, 0) is 71.7 Å². The molecule has 65 heavy (non-hydrogen) atoms. The average Bonchev–Trinajstić information content (AvgIpc) is 3.63. The Morgan fingerprint density at radius 3 is 1.89 bits per heavy atom. The van der Waals surface area contributed by atoms with Gasteiger partial charge in [0.05, 0.1) is 26.4 Å². The minimum absolute atomic E-state index is 0.00152. The van der Waals surface area contributed by atoms with Gasteiger partial charge in [0.15, 0.2) is 0 Å². The Kier molecular flexibility index (Phi) is 14.9. The third-order valence-corrected chi connectivity index (χ3v) is 13.4. The van der Waals surface area contributed by atoms with E-state index in [-0.39, 0.29) is 5.91 Å². The zero-order chi connectivity index (χ0) is 45.3. The van der Waals surface area contributed by atoms with Gasteiger partial charge in [0.1, 0.15) is 29.6 Å². The monoisotopic (exact) mass is 879 g/mol. The van der Waals surface area contributed by atoms with E-state index in [4.69, 9.17) is 23.7 Å². The molecule has 3 aliphatic rings. The molecular weight excluding hydrogens is 815 g/mol. The molecular formula is C55H65N3O7. The molecule has 5 aromatic carbocycles. The zero-order valence-corrected chi connectivity index (χ0v) is 38.5. The van der Waals surface area contributed by atoms with Crippen LogP contribution in [0.15, 0.2) is 133 Å². The summed E-state index contributed by atoms with van der Waals surface area (Å²) >= 11 is 0. The van der Waals surface area contributed by atoms with Crippen molar-refractivity contribution in [3.63, 3.8) is 0 Å². The lowest BCUT2D eigenvalue weighted by Gasteiger charge is -2.50. The minimum atomic E-state index is -1.27. The van der Waals surface area contributed by atoms with Crippen molar-refractivity contribution in [1.29, 1.82) is 0 Å². The van der Waals surface area contributed by atoms with E-state index in [1.165, 1.54) is 16.7 Å². The molecule has 5 aromatic rings. The number of ether oxygens (including phenoxy) is 5. The van der Waals surface area contributed by atoms with Gasteiger partial charge in [-0.3, -0.25) is 9.59 Å². The van der Waals surface area contributed by atoms with E-state index in [2.05, 4.69) is 103 Å². The van der Waals surface area contributed by atoms with Crippen LogP contribution < -0.4 is 5.32 Å². The minimum Gasteiger partial charge on any atom is -0.368 e. The average molecular weight is 880 g/mol. The van der Waals surface area contributed by atoms with Gasteiger partial charge < -0.3 is 38.8 Å². The van der Waals surface area contributed by atoms with Crippen molar-refractivity contribution in [3.8, 4) is 0 Å². The first-order valence-electron chi connectivity index (χ1n) is 23.2. The van der Waals surface area contributed by atoms with E-state index < -0.39 is 35.4 Å². The fraction of sp³-hybridized carbons (Fsp3) is 0.418. The van der Waals surface area contributed by atoms with Gasteiger partial charge in [0.25, 0.3) is 0 Å². The fourth-order valence-corrected chi connectivity index (χ4v) is 9.47. The molecule has 0 unspecified atom stereocenters. The lowest BCUT2D eigenvalue weighted by atomic mass is 9.83. The normalized spacial score (nSPS) is 23.2. The van der Waals surface area contributed by atoms with Gasteiger partial charge in [-0.1, -0.05) is 127 Å². The third kappa shape index (κ3) is 10.9. The molecule has 2 saturated heterocycles. The maximum Gasteiger partial charge on any atom is 0.225 e. The lowest BCUT2D eigenvalue weighted by Crippen LogP contribution is -2.65. The van der Waals surface area contributed by atoms with Gasteiger partial charge in [-0.05, 0) is 111 Å². The summed E-state index contributed by atoms with van der Waals surface area (Å²) < 4.78 is 35.0. The van der Waals surface area contributed by atoms with Crippen LogP contribution in [0.4, 0.5) is 0 Å². The van der Waals surface area contributed by atoms with Crippen molar-refractivity contribution in [2.24, 2.45) is 0 Å². The summed E-state index contributed by atoms with van der Waals surface area (Å²) in [5.41, 5.74) is 7.33. The summed E-state index contributed by atoms with van der Waals surface area (Å²) in [6.07, 6.45) is 4.38. The number of aryl methyl sites for hydroxylation is 2. The predicted molar refractivity (Wildman–Crippen MR) is 252 cm³/mol. The Morgan fingerprint density at radius 1 is 0.738 bits per heavy atom. The summed E-state index contributed by atoms with van der Waals surface area (Å²) in [5, 5.41) is 3.22. The van der Waals surface area contributed by atoms with Crippen LogP contribution in [0.25, 0.3) is 0 Å². The Balaban J connectivity index is 0.993. The van der Waals surface area contributed by atoms with E-state index in [0.717, 1.165) is 72.9 Å². The Morgan fingerprint density at radius 2 is 1.32 bits per heavy atom. The lowest BCUT2D eigenvalue weighted by molar-refractivity contribution is -0.346. The maximum atomic E-state index is 13.1. The molecule has 0 aromatic heterocycles. The highest BCUT2D eigenvalue weighted by atomic mass is 16.8. The zero-order valence-electron chi connectivity index (χ0n) is 38.5. The number of carbonyl (C=O) groups excluding carboxylic acids is 2. The van der Waals surface area contributed by atoms with E-state index in [9.17, 15) is 9.59 Å². The van der Waals surface area contributed by atoms with Crippen LogP contribution in [0, 0.1) is 6.92 Å². The standard InChI is InChI=1S/C55H65N3O7/c1-41-24-29-48(35-47(41)34-43-27-25-42(26-28-43)22-14-23-49(60)56-54(30-15-31-54)58(40-59)33-32-57(3)4)55-52(63-38-46-20-12-7-13-21-46)50(61-36-44-16-8-5-9-17-44)51(53(2,65-55)39-64-55)62-37-45-18-10-6-11-19-45/h5-13,16-21,24-29,35,40,50-52H,14-15,22-23,30-34,36-39H2,1-4H3,(H,56,60)/t50-,51-,52+,53-,55-/m0/s1. The van der Waals surface area contributed by atoms with Crippen LogP contribution in [0.2, 0.25) is 0 Å². The molecule has 2 bridgehead atoms. The first-order valence-corrected chi connectivity index (χ1v) is 23.2. The number of fused-ring (bicyclic) bond motifs is 2. The molecule has 342 valence electrons. The summed E-state index contributed by atoms with van der Waals surface area (Å²) in [5.74, 6) is -1.27. The summed E-state index contributed by atoms with van der Waals surface area (Å²) in [6.45, 7) is 6.94. The SMILES string of the molecule is Cc1ccc([C@]23OC[C@](C)(O2)[C@@H](OCc2ccccc2)[C@H](OCc2ccccc2)[C@H]3OCc2ccccc2)cc1Cc1ccc(CCCC(=O)NC2(N(C=O)CCN(C)C)CCC2)cc1. The summed E-state index contributed by atoms with van der Waals surface area (Å²) in [7, 11) is 3.98. The topological polar surface area (TPSA) is 98.8 Å². The molecule has 1 N–H and O–H groups in total. The maximum absolute atomic E-state index is 13.1. The number of likely N-dealkylation sites (N-methyl/N-ethyl adjacent to an activating group) is 1. The first-order chi connectivity index (χ1) is 31.6. The van der Waals surface area contributed by atoms with E-state index in [1.54, 1.807) is 4.90 Å². The second kappa shape index (κ2) is 21.0. The Bertz CT molecular complexity index is 2310. The molecule has 2 heterocycles. The van der Waals surface area contributed by atoms with Gasteiger partial charge in [-0.2, -0.15) is 0 Å². The highest BCUT2D eigenvalue weighted by Crippen LogP contribution is 2.53. The largest absolute Gasteiger partial charge is 0.368 e.